The molecule has 0 amide bonds. The van der Waals surface area contributed by atoms with Crippen LogP contribution >= 0.6 is 11.3 Å². The zero-order valence-electron chi connectivity index (χ0n) is 27.4. The van der Waals surface area contributed by atoms with Crippen LogP contribution in [0.1, 0.15) is 63.9 Å². The third-order valence-electron chi connectivity index (χ3n) is 10.8. The fourth-order valence-corrected chi connectivity index (χ4v) is 8.92. The van der Waals surface area contributed by atoms with Gasteiger partial charge in [-0.2, -0.15) is 15.2 Å². The van der Waals surface area contributed by atoms with Gasteiger partial charge in [-0.25, -0.2) is 13.2 Å². The van der Waals surface area contributed by atoms with Crippen molar-refractivity contribution in [3.05, 3.63) is 35.5 Å². The van der Waals surface area contributed by atoms with Gasteiger partial charge in [-0.1, -0.05) is 0 Å². The molecule has 0 spiro atoms. The summed E-state index contributed by atoms with van der Waals surface area (Å²) < 4.78 is 58.7. The topological polar surface area (TPSA) is 109 Å². The van der Waals surface area contributed by atoms with Gasteiger partial charge in [-0.05, 0) is 83.1 Å². The van der Waals surface area contributed by atoms with E-state index in [9.17, 15) is 14.0 Å². The minimum Gasteiger partial charge on any atom is -0.463 e. The summed E-state index contributed by atoms with van der Waals surface area (Å²) in [7, 11) is 0. The van der Waals surface area contributed by atoms with Gasteiger partial charge in [-0.15, -0.1) is 11.3 Å². The molecular formula is C36H38F3N7O2S. The van der Waals surface area contributed by atoms with Crippen LogP contribution in [0.4, 0.5) is 24.0 Å². The first-order chi connectivity index (χ1) is 23.7. The van der Waals surface area contributed by atoms with E-state index in [4.69, 9.17) is 14.5 Å². The van der Waals surface area contributed by atoms with Crippen molar-refractivity contribution in [2.45, 2.75) is 76.0 Å². The van der Waals surface area contributed by atoms with Crippen molar-refractivity contribution in [2.75, 3.05) is 37.8 Å². The SMILES string of the molecule is C=Nc1sc2c(F)ccc(-c3ncc4c(N5CC6CCC(C5)N6)nc(OCC5(CC6CCOCC(C)(F)CC6)CC5)nc4c3F)c2c1C#N. The lowest BCUT2D eigenvalue weighted by atomic mass is 9.84. The van der Waals surface area contributed by atoms with Crippen LogP contribution in [0.5, 0.6) is 6.01 Å². The lowest BCUT2D eigenvalue weighted by molar-refractivity contribution is -0.00678. The Hall–Kier alpha value is -3.86. The first-order valence-electron chi connectivity index (χ1n) is 17.0. The zero-order chi connectivity index (χ0) is 33.9. The van der Waals surface area contributed by atoms with Crippen LogP contribution in [-0.2, 0) is 4.74 Å². The van der Waals surface area contributed by atoms with Crippen LogP contribution in [-0.4, -0.2) is 72.3 Å². The van der Waals surface area contributed by atoms with E-state index in [1.54, 1.807) is 13.1 Å². The second-order valence-electron chi connectivity index (χ2n) is 14.6. The van der Waals surface area contributed by atoms with Crippen LogP contribution in [0.15, 0.2) is 23.3 Å². The van der Waals surface area contributed by atoms with Crippen LogP contribution in [0, 0.1) is 34.3 Å². The molecule has 6 heterocycles. The predicted molar refractivity (Wildman–Crippen MR) is 184 cm³/mol. The summed E-state index contributed by atoms with van der Waals surface area (Å²) in [6.07, 6.45) is 8.74. The van der Waals surface area contributed by atoms with Crippen molar-refractivity contribution in [3.63, 3.8) is 0 Å². The highest BCUT2D eigenvalue weighted by atomic mass is 32.1. The number of halogens is 3. The predicted octanol–water partition coefficient (Wildman–Crippen LogP) is 7.42. The monoisotopic (exact) mass is 689 g/mol. The fraction of sp³-hybridized carbons (Fsp3) is 0.528. The highest BCUT2D eigenvalue weighted by Gasteiger charge is 2.46. The minimum absolute atomic E-state index is 0.0495. The standard InChI is InChI=1S/C36H38F3N7O2S/c1-35(39)9-7-20(8-12-47-18-35)13-36(10-11-36)19-48-34-44-30-25(32(45-34)46-16-21-3-4-22(17-46)43-21)15-42-29(28(30)38)23-5-6-26(37)31-27(23)24(14-40)33(41-2)49-31/h5-6,15,20-22,43H,2-4,7-13,16-19H2,1H3. The third kappa shape index (κ3) is 6.12. The van der Waals surface area contributed by atoms with Gasteiger partial charge in [0, 0.05) is 54.3 Å². The number of piperazine rings is 1. The number of pyridine rings is 1. The number of ether oxygens (including phenoxy) is 2. The average molecular weight is 690 g/mol. The molecule has 4 atom stereocenters. The molecule has 0 radical (unpaired) electrons. The van der Waals surface area contributed by atoms with Gasteiger partial charge < -0.3 is 19.7 Å². The van der Waals surface area contributed by atoms with E-state index in [0.717, 1.165) is 56.3 Å². The first kappa shape index (κ1) is 32.4. The first-order valence-corrected chi connectivity index (χ1v) is 17.9. The maximum Gasteiger partial charge on any atom is 0.319 e. The second kappa shape index (κ2) is 12.5. The minimum atomic E-state index is -1.31. The Bertz CT molecular complexity index is 1980. The summed E-state index contributed by atoms with van der Waals surface area (Å²) in [4.78, 5) is 20.1. The van der Waals surface area contributed by atoms with Gasteiger partial charge in [0.25, 0.3) is 0 Å². The highest BCUT2D eigenvalue weighted by Crippen LogP contribution is 2.52. The van der Waals surface area contributed by atoms with E-state index in [1.165, 1.54) is 12.1 Å². The van der Waals surface area contributed by atoms with Crippen LogP contribution in [0.3, 0.4) is 0 Å². The van der Waals surface area contributed by atoms with Crippen LogP contribution in [0.2, 0.25) is 0 Å². The molecular weight excluding hydrogens is 652 g/mol. The van der Waals surface area contributed by atoms with Crippen LogP contribution < -0.4 is 15.0 Å². The van der Waals surface area contributed by atoms with Gasteiger partial charge in [0.1, 0.15) is 39.6 Å². The Balaban J connectivity index is 1.16. The van der Waals surface area contributed by atoms with E-state index < -0.39 is 17.3 Å². The number of aromatic nitrogens is 3. The molecule has 2 bridgehead atoms. The van der Waals surface area contributed by atoms with Crippen molar-refractivity contribution in [1.29, 1.82) is 5.26 Å². The van der Waals surface area contributed by atoms with E-state index in [-0.39, 0.29) is 55.5 Å². The Morgan fingerprint density at radius 2 is 1.96 bits per heavy atom. The Kier molecular flexibility index (Phi) is 8.24. The molecule has 4 aliphatic rings. The number of fused-ring (bicyclic) bond motifs is 4. The molecule has 3 saturated heterocycles. The number of hydrogen-bond donors (Lipinski definition) is 1. The Morgan fingerprint density at radius 3 is 2.69 bits per heavy atom. The van der Waals surface area contributed by atoms with E-state index in [1.807, 2.05) is 0 Å². The lowest BCUT2D eigenvalue weighted by Gasteiger charge is -2.34. The molecule has 3 aliphatic heterocycles. The molecule has 1 saturated carbocycles. The number of rotatable bonds is 8. The smallest absolute Gasteiger partial charge is 0.319 e. The van der Waals surface area contributed by atoms with E-state index in [0.29, 0.717) is 61.9 Å². The second-order valence-corrected chi connectivity index (χ2v) is 15.6. The quantitative estimate of drug-likeness (QED) is 0.191. The maximum absolute atomic E-state index is 16.8. The molecule has 4 fully saturated rings. The number of benzene rings is 1. The third-order valence-corrected chi connectivity index (χ3v) is 11.9. The molecule has 13 heteroatoms. The summed E-state index contributed by atoms with van der Waals surface area (Å²) >= 11 is 0.992. The summed E-state index contributed by atoms with van der Waals surface area (Å²) in [5, 5.41) is 14.5. The van der Waals surface area contributed by atoms with Crippen molar-refractivity contribution in [3.8, 4) is 23.3 Å². The Labute approximate surface area is 286 Å². The summed E-state index contributed by atoms with van der Waals surface area (Å²) in [6, 6.07) is 5.47. The molecule has 49 heavy (non-hydrogen) atoms. The van der Waals surface area contributed by atoms with Crippen molar-refractivity contribution in [2.24, 2.45) is 16.3 Å². The highest BCUT2D eigenvalue weighted by molar-refractivity contribution is 7.23. The van der Waals surface area contributed by atoms with Gasteiger partial charge >= 0.3 is 6.01 Å². The van der Waals surface area contributed by atoms with Crippen molar-refractivity contribution in [1.82, 2.24) is 20.3 Å². The maximum atomic E-state index is 16.8. The fourth-order valence-electron chi connectivity index (χ4n) is 7.93. The van der Waals surface area contributed by atoms with Crippen LogP contribution in [0.25, 0.3) is 32.2 Å². The normalized spacial score (nSPS) is 26.3. The molecule has 4 unspecified atom stereocenters. The van der Waals surface area contributed by atoms with Crippen molar-refractivity contribution >= 4 is 49.9 Å². The zero-order valence-corrected chi connectivity index (χ0v) is 28.2. The summed E-state index contributed by atoms with van der Waals surface area (Å²) in [6.45, 7) is 7.63. The van der Waals surface area contributed by atoms with Crippen molar-refractivity contribution < 1.29 is 22.6 Å². The summed E-state index contributed by atoms with van der Waals surface area (Å²) in [5.41, 5.74) is -0.986. The van der Waals surface area contributed by atoms with E-state index in [2.05, 4.69) is 38.0 Å². The number of nitriles is 1. The average Bonchev–Trinajstić information content (AvgIpc) is 3.62. The number of hydrogen-bond acceptors (Lipinski definition) is 10. The summed E-state index contributed by atoms with van der Waals surface area (Å²) in [5.74, 6) is -0.345. The number of nitrogens with zero attached hydrogens (tertiary/aromatic N) is 6. The van der Waals surface area contributed by atoms with Gasteiger partial charge in [-0.3, -0.25) is 9.98 Å². The molecule has 9 nitrogen and oxygen atoms in total. The molecule has 1 aliphatic carbocycles. The number of anilines is 1. The largest absolute Gasteiger partial charge is 0.463 e. The molecule has 4 aromatic rings. The molecule has 1 aromatic carbocycles. The van der Waals surface area contributed by atoms with Gasteiger partial charge in [0.15, 0.2) is 5.82 Å². The van der Waals surface area contributed by atoms with E-state index >= 15 is 4.39 Å². The van der Waals surface area contributed by atoms with Gasteiger partial charge in [0.05, 0.1) is 28.9 Å². The number of alkyl halides is 1. The Morgan fingerprint density at radius 1 is 1.16 bits per heavy atom. The lowest BCUT2D eigenvalue weighted by Crippen LogP contribution is -2.51. The number of nitrogens with one attached hydrogen (secondary N) is 1. The number of thiophene rings is 1. The molecule has 3 aromatic heterocycles. The molecule has 8 rings (SSSR count). The van der Waals surface area contributed by atoms with Gasteiger partial charge in [0.2, 0.25) is 0 Å². The number of aliphatic imine (C=N–C) groups is 1. The molecule has 256 valence electrons. The molecule has 1 N–H and O–H groups in total.